The van der Waals surface area contributed by atoms with Gasteiger partial charge in [0.15, 0.2) is 0 Å². The van der Waals surface area contributed by atoms with Gasteiger partial charge in [-0.05, 0) is 0 Å². The summed E-state index contributed by atoms with van der Waals surface area (Å²) >= 11 is -2.06. The van der Waals surface area contributed by atoms with Crippen molar-refractivity contribution < 1.29 is 20.3 Å². The van der Waals surface area contributed by atoms with Crippen LogP contribution in [0.15, 0.2) is 78.9 Å². The van der Waals surface area contributed by atoms with Crippen molar-refractivity contribution in [3.8, 4) is 16.9 Å². The second-order valence-electron chi connectivity index (χ2n) is 10.1. The average Bonchev–Trinajstić information content (AvgIpc) is 3.21. The molecule has 0 atom stereocenters. The van der Waals surface area contributed by atoms with Crippen LogP contribution < -0.4 is 13.1 Å². The van der Waals surface area contributed by atoms with Gasteiger partial charge in [0.05, 0.1) is 0 Å². The minimum atomic E-state index is -2.06. The number of anilines is 2. The van der Waals surface area contributed by atoms with Crippen LogP contribution in [-0.4, -0.2) is 34.4 Å². The molecule has 36 heavy (non-hydrogen) atoms. The SMILES string of the molecule is CC[Si](CC)=[Ti]([O]c1ccc2ccccc2c1)[CH]1c2ccc(N(C)C)cc2-c2cc(N(C)C)ccc21. The summed E-state index contributed by atoms with van der Waals surface area (Å²) in [7, 11) is 8.51. The first kappa shape index (κ1) is 25.1. The Hall–Kier alpha value is -2.53. The van der Waals surface area contributed by atoms with Gasteiger partial charge in [-0.3, -0.25) is 0 Å². The zero-order chi connectivity index (χ0) is 25.4. The van der Waals surface area contributed by atoms with Gasteiger partial charge in [0.2, 0.25) is 0 Å². The zero-order valence-electron chi connectivity index (χ0n) is 22.3. The zero-order valence-corrected chi connectivity index (χ0v) is 24.9. The van der Waals surface area contributed by atoms with E-state index in [0.717, 1.165) is 5.75 Å². The van der Waals surface area contributed by atoms with Crippen LogP contribution in [0.2, 0.25) is 12.1 Å². The molecule has 5 heteroatoms. The molecule has 0 saturated carbocycles. The molecule has 0 N–H and O–H groups in total. The van der Waals surface area contributed by atoms with Crippen LogP contribution in [0.4, 0.5) is 11.4 Å². The number of nitrogens with zero attached hydrogens (tertiary/aromatic N) is 2. The molecule has 0 unspecified atom stereocenters. The normalized spacial score (nSPS) is 12.3. The van der Waals surface area contributed by atoms with Gasteiger partial charge in [-0.1, -0.05) is 0 Å². The van der Waals surface area contributed by atoms with Crippen LogP contribution in [0.3, 0.4) is 0 Å². The summed E-state index contributed by atoms with van der Waals surface area (Å²) in [5.41, 5.74) is 8.25. The van der Waals surface area contributed by atoms with Gasteiger partial charge in [0, 0.05) is 0 Å². The van der Waals surface area contributed by atoms with Gasteiger partial charge in [0.25, 0.3) is 0 Å². The maximum absolute atomic E-state index is 7.21. The summed E-state index contributed by atoms with van der Waals surface area (Å²) in [6.07, 6.45) is -0.607. The van der Waals surface area contributed by atoms with E-state index in [4.69, 9.17) is 3.32 Å². The van der Waals surface area contributed by atoms with Crippen molar-refractivity contribution in [1.82, 2.24) is 0 Å². The summed E-state index contributed by atoms with van der Waals surface area (Å²) in [6.45, 7) is 4.77. The maximum atomic E-state index is 7.21. The molecule has 3 nitrogen and oxygen atoms in total. The molecular weight excluding hydrogens is 492 g/mol. The van der Waals surface area contributed by atoms with Crippen molar-refractivity contribution in [3.05, 3.63) is 90.0 Å². The molecule has 5 rings (SSSR count). The molecule has 0 radical (unpaired) electrons. The number of benzene rings is 4. The predicted octanol–water partition coefficient (Wildman–Crippen LogP) is 7.69. The molecular formula is C31H36N2OSiTi. The molecule has 0 spiro atoms. The van der Waals surface area contributed by atoms with Crippen LogP contribution >= 0.6 is 0 Å². The van der Waals surface area contributed by atoms with E-state index in [1.165, 1.54) is 56.5 Å². The van der Waals surface area contributed by atoms with Crippen LogP contribution in [0.1, 0.15) is 29.2 Å². The third-order valence-electron chi connectivity index (χ3n) is 7.43. The number of rotatable bonds is 7. The van der Waals surface area contributed by atoms with Crippen molar-refractivity contribution in [2.75, 3.05) is 38.0 Å². The van der Waals surface area contributed by atoms with Crippen LogP contribution in [0.5, 0.6) is 5.75 Å². The molecule has 0 bridgehead atoms. The fourth-order valence-corrected chi connectivity index (χ4v) is 17.2. The van der Waals surface area contributed by atoms with E-state index in [9.17, 15) is 0 Å². The molecule has 0 saturated heterocycles. The summed E-state index contributed by atoms with van der Waals surface area (Å²) in [5.74, 6) is 1.05. The van der Waals surface area contributed by atoms with Crippen molar-refractivity contribution in [2.45, 2.75) is 30.2 Å². The van der Waals surface area contributed by atoms with Crippen molar-refractivity contribution in [1.29, 1.82) is 0 Å². The van der Waals surface area contributed by atoms with Gasteiger partial charge in [-0.2, -0.15) is 0 Å². The standard InChI is InChI=1S/C17H19N2.C10H8O.C4H10Si.Ti/c1-18(2)14-7-5-12-9-13-6-8-15(19(3)4)11-17(13)16(12)10-14;11-10-6-5-8-3-1-2-4-9(8)7-10;1-3-5-4-2;/h5-11H,1-4H3;1-7,11H;3-4H2,1-2H3;/q;;;+1/p-1. The third-order valence-corrected chi connectivity index (χ3v) is 20.5. The van der Waals surface area contributed by atoms with Crippen LogP contribution in [0.25, 0.3) is 21.9 Å². The molecule has 4 aromatic carbocycles. The van der Waals surface area contributed by atoms with Gasteiger partial charge in [-0.15, -0.1) is 0 Å². The molecule has 0 amide bonds. The van der Waals surface area contributed by atoms with E-state index in [2.05, 4.69) is 131 Å². The first-order chi connectivity index (χ1) is 17.4. The van der Waals surface area contributed by atoms with Gasteiger partial charge in [-0.25, -0.2) is 0 Å². The van der Waals surface area contributed by atoms with Crippen molar-refractivity contribution in [2.24, 2.45) is 0 Å². The van der Waals surface area contributed by atoms with E-state index < -0.39 is 23.2 Å². The quantitative estimate of drug-likeness (QED) is 0.229. The van der Waals surface area contributed by atoms with E-state index >= 15 is 0 Å². The van der Waals surface area contributed by atoms with Gasteiger partial charge in [0.1, 0.15) is 0 Å². The van der Waals surface area contributed by atoms with E-state index in [1.807, 2.05) is 0 Å². The Labute approximate surface area is 222 Å². The second-order valence-corrected chi connectivity index (χ2v) is 20.4. The van der Waals surface area contributed by atoms with Crippen molar-refractivity contribution >= 4 is 28.3 Å². The Kier molecular flexibility index (Phi) is 7.30. The molecule has 0 fully saturated rings. The first-order valence-electron chi connectivity index (χ1n) is 12.9. The third kappa shape index (κ3) is 4.63. The van der Waals surface area contributed by atoms with Gasteiger partial charge < -0.3 is 0 Å². The Balaban J connectivity index is 1.69. The Bertz CT molecular complexity index is 1400. The average molecular weight is 529 g/mol. The monoisotopic (exact) mass is 528 g/mol. The van der Waals surface area contributed by atoms with E-state index in [1.54, 1.807) is 0 Å². The number of fused-ring (bicyclic) bond motifs is 4. The van der Waals surface area contributed by atoms with E-state index in [0.29, 0.717) is 4.22 Å². The van der Waals surface area contributed by atoms with Crippen LogP contribution in [-0.2, 0) is 17.0 Å². The molecule has 0 aliphatic heterocycles. The predicted molar refractivity (Wildman–Crippen MR) is 154 cm³/mol. The number of hydrogen-bond donors (Lipinski definition) is 0. The Morgan fingerprint density at radius 2 is 1.25 bits per heavy atom. The summed E-state index contributed by atoms with van der Waals surface area (Å²) in [5, 5.41) is 2.53. The molecule has 1 aliphatic rings. The number of hydrogen-bond acceptors (Lipinski definition) is 3. The fraction of sp³-hybridized carbons (Fsp3) is 0.290. The molecule has 4 aromatic rings. The molecule has 1 aliphatic carbocycles. The Morgan fingerprint density at radius 1 is 0.694 bits per heavy atom. The minimum absolute atomic E-state index is 0.405. The van der Waals surface area contributed by atoms with E-state index in [-0.39, 0.29) is 0 Å². The van der Waals surface area contributed by atoms with Gasteiger partial charge >= 0.3 is 224 Å². The topological polar surface area (TPSA) is 15.7 Å². The first-order valence-corrected chi connectivity index (χ1v) is 18.7. The fourth-order valence-electron chi connectivity index (χ4n) is 5.36. The van der Waals surface area contributed by atoms with Crippen LogP contribution in [0, 0.1) is 0 Å². The molecule has 184 valence electrons. The summed E-state index contributed by atoms with van der Waals surface area (Å²) in [6, 6.07) is 31.9. The molecule has 0 aromatic heterocycles. The molecule has 0 heterocycles. The van der Waals surface area contributed by atoms with Crippen molar-refractivity contribution in [3.63, 3.8) is 0 Å². The Morgan fingerprint density at radius 3 is 1.78 bits per heavy atom. The second kappa shape index (κ2) is 10.5. The summed E-state index contributed by atoms with van der Waals surface area (Å²) < 4.78 is 7.62. The summed E-state index contributed by atoms with van der Waals surface area (Å²) in [4.78, 5) is 4.42.